The predicted octanol–water partition coefficient (Wildman–Crippen LogP) is 10.8. The molecule has 0 saturated carbocycles. The standard InChI is InChI=1S/C30H30O4.C25H22P/c1-18-7-9-27(31)23(11-18)15-21-5-4-6-22(29(21)33)16-25-13-20(3)14-26(30(25)34)17-24-12-19(2)8-10-28(24)32;1-5-13-22(14-6-1)21-26(23-15-7-2-8-16-23,24-17-9-3-10-18-24)25-19-11-4-12-20-25/h4-14,31-34H,15-17H2,1-3H3;1-20H,21H2/q;+1/p-1. The van der Waals surface area contributed by atoms with Crippen LogP contribution in [-0.2, 0) is 25.4 Å². The Morgan fingerprint density at radius 2 is 0.750 bits per heavy atom. The molecule has 0 unspecified atom stereocenters. The van der Waals surface area contributed by atoms with Crippen LogP contribution < -0.4 is 21.0 Å². The minimum Gasteiger partial charge on any atom is -0.872 e. The second-order valence-corrected chi connectivity index (χ2v) is 19.1. The summed E-state index contributed by atoms with van der Waals surface area (Å²) in [7, 11) is -1.78. The van der Waals surface area contributed by atoms with Gasteiger partial charge in [-0.1, -0.05) is 167 Å². The van der Waals surface area contributed by atoms with E-state index in [4.69, 9.17) is 0 Å². The highest BCUT2D eigenvalue weighted by Crippen LogP contribution is 2.58. The van der Waals surface area contributed by atoms with Crippen molar-refractivity contribution in [3.8, 4) is 23.0 Å². The van der Waals surface area contributed by atoms with Gasteiger partial charge in [-0.3, -0.25) is 0 Å². The third-order valence-electron chi connectivity index (χ3n) is 11.1. The van der Waals surface area contributed by atoms with Gasteiger partial charge in [0.2, 0.25) is 0 Å². The van der Waals surface area contributed by atoms with Crippen molar-refractivity contribution in [3.05, 3.63) is 244 Å². The van der Waals surface area contributed by atoms with E-state index in [9.17, 15) is 20.4 Å². The zero-order valence-electron chi connectivity index (χ0n) is 34.4. The molecule has 0 aromatic heterocycles. The molecule has 0 aliphatic carbocycles. The van der Waals surface area contributed by atoms with Crippen molar-refractivity contribution in [3.63, 3.8) is 0 Å². The summed E-state index contributed by atoms with van der Waals surface area (Å²) in [4.78, 5) is 0. The van der Waals surface area contributed by atoms with Crippen LogP contribution in [0.5, 0.6) is 23.0 Å². The average Bonchev–Trinajstić information content (AvgIpc) is 3.27. The summed E-state index contributed by atoms with van der Waals surface area (Å²) in [6.07, 6.45) is 2.07. The summed E-state index contributed by atoms with van der Waals surface area (Å²) < 4.78 is 0. The fourth-order valence-electron chi connectivity index (χ4n) is 8.07. The monoisotopic (exact) mass is 806 g/mol. The van der Waals surface area contributed by atoms with Crippen molar-refractivity contribution >= 4 is 23.2 Å². The van der Waals surface area contributed by atoms with E-state index in [1.807, 2.05) is 63.2 Å². The number of benzene rings is 8. The highest BCUT2D eigenvalue weighted by Gasteiger charge is 2.45. The van der Waals surface area contributed by atoms with Crippen molar-refractivity contribution < 1.29 is 20.4 Å². The van der Waals surface area contributed by atoms with Gasteiger partial charge < -0.3 is 20.4 Å². The minimum atomic E-state index is -1.78. The maximum atomic E-state index is 13.2. The van der Waals surface area contributed by atoms with Gasteiger partial charge in [0.1, 0.15) is 40.4 Å². The number of aryl methyl sites for hydroxylation is 3. The van der Waals surface area contributed by atoms with E-state index in [0.717, 1.165) is 28.4 Å². The number of phenols is 3. The van der Waals surface area contributed by atoms with Crippen LogP contribution in [0.15, 0.2) is 188 Å². The highest BCUT2D eigenvalue weighted by molar-refractivity contribution is 7.95. The Bertz CT molecular complexity index is 2560. The largest absolute Gasteiger partial charge is 0.872 e. The second-order valence-electron chi connectivity index (χ2n) is 15.6. The third kappa shape index (κ3) is 9.63. The fraction of sp³-hybridized carbons (Fsp3) is 0.127. The van der Waals surface area contributed by atoms with Gasteiger partial charge in [0.05, 0.1) is 6.16 Å². The molecule has 0 amide bonds. The molecule has 0 spiro atoms. The summed E-state index contributed by atoms with van der Waals surface area (Å²) in [6.45, 7) is 5.87. The second kappa shape index (κ2) is 19.0. The molecular weight excluding hydrogens is 756 g/mol. The van der Waals surface area contributed by atoms with Gasteiger partial charge in [0.15, 0.2) is 0 Å². The molecule has 8 aromatic rings. The van der Waals surface area contributed by atoms with Crippen LogP contribution in [0.2, 0.25) is 0 Å². The molecule has 0 aliphatic rings. The maximum Gasteiger partial charge on any atom is 0.122 e. The lowest BCUT2D eigenvalue weighted by Gasteiger charge is -2.27. The lowest BCUT2D eigenvalue weighted by molar-refractivity contribution is -0.270. The number of hydrogen-bond acceptors (Lipinski definition) is 4. The van der Waals surface area contributed by atoms with E-state index in [1.165, 1.54) is 21.5 Å². The van der Waals surface area contributed by atoms with Gasteiger partial charge in [-0.05, 0) is 97.1 Å². The lowest BCUT2D eigenvalue weighted by atomic mass is 9.93. The molecule has 0 atom stereocenters. The van der Waals surface area contributed by atoms with Crippen LogP contribution in [0.25, 0.3) is 0 Å². The Morgan fingerprint density at radius 1 is 0.383 bits per heavy atom. The van der Waals surface area contributed by atoms with Gasteiger partial charge in [0.25, 0.3) is 0 Å². The molecule has 4 nitrogen and oxygen atoms in total. The quantitative estimate of drug-likeness (QED) is 0.114. The van der Waals surface area contributed by atoms with E-state index in [-0.39, 0.29) is 23.0 Å². The Morgan fingerprint density at radius 3 is 1.18 bits per heavy atom. The number of aromatic hydroxyl groups is 3. The first kappa shape index (κ1) is 41.5. The van der Waals surface area contributed by atoms with Gasteiger partial charge >= 0.3 is 0 Å². The Kier molecular flexibility index (Phi) is 13.1. The molecule has 300 valence electrons. The maximum absolute atomic E-state index is 13.2. The summed E-state index contributed by atoms with van der Waals surface area (Å²) >= 11 is 0. The zero-order chi connectivity index (χ0) is 42.1. The summed E-state index contributed by atoms with van der Waals surface area (Å²) in [5.74, 6) is 0.438. The van der Waals surface area contributed by atoms with E-state index in [0.29, 0.717) is 47.1 Å². The molecule has 0 radical (unpaired) electrons. The summed E-state index contributed by atoms with van der Waals surface area (Å²) in [6, 6.07) is 64.1. The molecular formula is C55H51O4P. The van der Waals surface area contributed by atoms with Gasteiger partial charge in [-0.2, -0.15) is 0 Å². The molecule has 0 heterocycles. The van der Waals surface area contributed by atoms with Crippen molar-refractivity contribution in [1.82, 2.24) is 0 Å². The number of hydrogen-bond donors (Lipinski definition) is 3. The number of phenolic OH excluding ortho intramolecular Hbond substituents is 3. The van der Waals surface area contributed by atoms with Gasteiger partial charge in [0, 0.05) is 19.3 Å². The van der Waals surface area contributed by atoms with Crippen molar-refractivity contribution in [2.75, 3.05) is 0 Å². The minimum absolute atomic E-state index is 0.0813. The molecule has 8 rings (SSSR count). The molecule has 3 N–H and O–H groups in total. The van der Waals surface area contributed by atoms with Crippen LogP contribution in [0, 0.1) is 20.8 Å². The van der Waals surface area contributed by atoms with Crippen LogP contribution >= 0.6 is 7.26 Å². The van der Waals surface area contributed by atoms with Gasteiger partial charge in [-0.25, -0.2) is 0 Å². The lowest BCUT2D eigenvalue weighted by Crippen LogP contribution is -2.32. The Balaban J connectivity index is 0.000000188. The van der Waals surface area contributed by atoms with Gasteiger partial charge in [-0.15, -0.1) is 5.75 Å². The topological polar surface area (TPSA) is 83.8 Å². The van der Waals surface area contributed by atoms with E-state index < -0.39 is 7.26 Å². The molecule has 0 aliphatic heterocycles. The smallest absolute Gasteiger partial charge is 0.122 e. The molecule has 0 saturated heterocycles. The van der Waals surface area contributed by atoms with Crippen molar-refractivity contribution in [1.29, 1.82) is 0 Å². The summed E-state index contributed by atoms with van der Waals surface area (Å²) in [5.41, 5.74) is 8.47. The zero-order valence-corrected chi connectivity index (χ0v) is 35.3. The van der Waals surface area contributed by atoms with E-state index in [1.54, 1.807) is 24.3 Å². The molecule has 60 heavy (non-hydrogen) atoms. The van der Waals surface area contributed by atoms with Crippen LogP contribution in [0.4, 0.5) is 0 Å². The van der Waals surface area contributed by atoms with Crippen LogP contribution in [0.3, 0.4) is 0 Å². The first-order valence-corrected chi connectivity index (χ1v) is 22.3. The number of para-hydroxylation sites is 1. The van der Waals surface area contributed by atoms with Crippen molar-refractivity contribution in [2.24, 2.45) is 0 Å². The molecule has 0 fully saturated rings. The summed E-state index contributed by atoms with van der Waals surface area (Å²) in [5, 5.41) is 49.0. The predicted molar refractivity (Wildman–Crippen MR) is 248 cm³/mol. The highest BCUT2D eigenvalue weighted by atomic mass is 31.2. The third-order valence-corrected chi connectivity index (χ3v) is 15.4. The van der Waals surface area contributed by atoms with Crippen LogP contribution in [-0.4, -0.2) is 15.3 Å². The average molecular weight is 807 g/mol. The normalized spacial score (nSPS) is 11.1. The first-order valence-electron chi connectivity index (χ1n) is 20.4. The van der Waals surface area contributed by atoms with Crippen molar-refractivity contribution in [2.45, 2.75) is 46.2 Å². The fourth-order valence-corrected chi connectivity index (χ4v) is 12.3. The molecule has 8 aromatic carbocycles. The SMILES string of the molecule is Cc1ccc(O)c(Cc2cccc(Cc3cc(C)cc(Cc4cc(C)ccc4O)c3O)c2[O-])c1.c1ccc(C[P+](c2ccccc2)(c2ccccc2)c2ccccc2)cc1. The van der Waals surface area contributed by atoms with E-state index >= 15 is 0 Å². The molecule has 5 heteroatoms. The molecule has 0 bridgehead atoms. The van der Waals surface area contributed by atoms with Crippen LogP contribution in [0.1, 0.15) is 55.6 Å². The Labute approximate surface area is 355 Å². The first-order chi connectivity index (χ1) is 29.1. The van der Waals surface area contributed by atoms with E-state index in [2.05, 4.69) is 121 Å². The number of rotatable bonds is 11. The Hall–Kier alpha value is -6.61.